The van der Waals surface area contributed by atoms with Crippen molar-refractivity contribution in [3.63, 3.8) is 0 Å². The van der Waals surface area contributed by atoms with Crippen molar-refractivity contribution in [1.82, 2.24) is 5.32 Å². The molecule has 0 heterocycles. The molecule has 106 valence electrons. The van der Waals surface area contributed by atoms with E-state index in [2.05, 4.69) is 5.32 Å². The molecule has 0 aromatic heterocycles. The summed E-state index contributed by atoms with van der Waals surface area (Å²) >= 11 is 0. The maximum atomic E-state index is 11.0. The lowest BCUT2D eigenvalue weighted by atomic mass is 10.0. The van der Waals surface area contributed by atoms with Crippen LogP contribution in [0, 0.1) is 0 Å². The molecule has 0 aliphatic heterocycles. The average molecular weight is 265 g/mol. The number of benzene rings is 1. The molecule has 0 radical (unpaired) electrons. The van der Waals surface area contributed by atoms with Gasteiger partial charge < -0.3 is 14.8 Å². The zero-order valence-corrected chi connectivity index (χ0v) is 12.2. The van der Waals surface area contributed by atoms with Gasteiger partial charge in [-0.25, -0.2) is 0 Å². The number of ether oxygens (including phenoxy) is 2. The molecule has 1 N–H and O–H groups in total. The lowest BCUT2D eigenvalue weighted by Crippen LogP contribution is -2.20. The zero-order valence-electron chi connectivity index (χ0n) is 12.2. The van der Waals surface area contributed by atoms with Gasteiger partial charge in [0.2, 0.25) is 5.91 Å². The molecule has 4 heteroatoms. The van der Waals surface area contributed by atoms with E-state index in [0.29, 0.717) is 13.2 Å². The minimum Gasteiger partial charge on any atom is -0.496 e. The first-order valence-electron chi connectivity index (χ1n) is 6.55. The van der Waals surface area contributed by atoms with Gasteiger partial charge >= 0.3 is 0 Å². The fourth-order valence-corrected chi connectivity index (χ4v) is 1.87. The Balaban J connectivity index is 2.80. The van der Waals surface area contributed by atoms with Gasteiger partial charge in [-0.1, -0.05) is 12.1 Å². The number of carbonyl (C=O) groups is 1. The summed E-state index contributed by atoms with van der Waals surface area (Å²) < 4.78 is 11.0. The molecule has 0 atom stereocenters. The lowest BCUT2D eigenvalue weighted by molar-refractivity contribution is -0.119. The largest absolute Gasteiger partial charge is 0.496 e. The van der Waals surface area contributed by atoms with Crippen molar-refractivity contribution in [3.8, 4) is 5.75 Å². The van der Waals surface area contributed by atoms with E-state index in [4.69, 9.17) is 9.47 Å². The van der Waals surface area contributed by atoms with Gasteiger partial charge in [-0.2, -0.15) is 0 Å². The van der Waals surface area contributed by atoms with Crippen LogP contribution < -0.4 is 10.1 Å². The first-order valence-corrected chi connectivity index (χ1v) is 6.55. The van der Waals surface area contributed by atoms with E-state index in [9.17, 15) is 4.79 Å². The fraction of sp³-hybridized carbons (Fsp3) is 0.533. The number of carbonyl (C=O) groups excluding carboxylic acids is 1. The minimum atomic E-state index is -0.0350. The van der Waals surface area contributed by atoms with E-state index in [1.54, 1.807) is 7.11 Å². The summed E-state index contributed by atoms with van der Waals surface area (Å²) in [6.45, 7) is 6.71. The van der Waals surface area contributed by atoms with Crippen molar-refractivity contribution in [1.29, 1.82) is 0 Å². The second-order valence-corrected chi connectivity index (χ2v) is 4.68. The Kier molecular flexibility index (Phi) is 6.36. The smallest absolute Gasteiger partial charge is 0.217 e. The molecule has 19 heavy (non-hydrogen) atoms. The summed E-state index contributed by atoms with van der Waals surface area (Å²) in [5, 5.41) is 2.82. The van der Waals surface area contributed by atoms with Crippen molar-refractivity contribution in [3.05, 3.63) is 29.3 Å². The van der Waals surface area contributed by atoms with Crippen molar-refractivity contribution in [2.24, 2.45) is 0 Å². The van der Waals surface area contributed by atoms with Crippen molar-refractivity contribution in [2.75, 3.05) is 13.7 Å². The molecule has 4 nitrogen and oxygen atoms in total. The third-order valence-corrected chi connectivity index (χ3v) is 2.78. The van der Waals surface area contributed by atoms with Crippen LogP contribution in [-0.4, -0.2) is 25.7 Å². The Morgan fingerprint density at radius 2 is 2.11 bits per heavy atom. The topological polar surface area (TPSA) is 47.6 Å². The maximum Gasteiger partial charge on any atom is 0.217 e. The van der Waals surface area contributed by atoms with Crippen LogP contribution in [0.1, 0.15) is 31.9 Å². The van der Waals surface area contributed by atoms with Gasteiger partial charge in [0, 0.05) is 19.0 Å². The van der Waals surface area contributed by atoms with Crippen molar-refractivity contribution >= 4 is 5.91 Å². The highest BCUT2D eigenvalue weighted by atomic mass is 16.5. The number of amides is 1. The molecule has 0 spiro atoms. The van der Waals surface area contributed by atoms with E-state index >= 15 is 0 Å². The predicted molar refractivity (Wildman–Crippen MR) is 75.3 cm³/mol. The van der Waals surface area contributed by atoms with E-state index in [1.807, 2.05) is 32.0 Å². The van der Waals surface area contributed by atoms with Crippen LogP contribution in [0.2, 0.25) is 0 Å². The number of nitrogens with one attached hydrogen (secondary N) is 1. The molecule has 0 saturated heterocycles. The summed E-state index contributed by atoms with van der Waals surface area (Å²) in [5.74, 6) is 0.808. The minimum absolute atomic E-state index is 0.0350. The maximum absolute atomic E-state index is 11.0. The molecule has 0 saturated carbocycles. The van der Waals surface area contributed by atoms with Gasteiger partial charge in [-0.3, -0.25) is 4.79 Å². The number of rotatable bonds is 7. The molecule has 0 aliphatic carbocycles. The van der Waals surface area contributed by atoms with Crippen molar-refractivity contribution in [2.45, 2.75) is 39.8 Å². The Morgan fingerprint density at radius 3 is 2.68 bits per heavy atom. The van der Waals surface area contributed by atoms with Gasteiger partial charge in [-0.05, 0) is 31.9 Å². The summed E-state index contributed by atoms with van der Waals surface area (Å²) in [6, 6.07) is 5.87. The molecule has 1 aromatic carbocycles. The first kappa shape index (κ1) is 15.5. The van der Waals surface area contributed by atoms with Gasteiger partial charge in [0.25, 0.3) is 0 Å². The molecule has 1 rings (SSSR count). The number of hydrogen-bond acceptors (Lipinski definition) is 3. The number of hydrogen-bond donors (Lipinski definition) is 1. The van der Waals surface area contributed by atoms with Gasteiger partial charge in [0.1, 0.15) is 5.75 Å². The van der Waals surface area contributed by atoms with Gasteiger partial charge in [-0.15, -0.1) is 0 Å². The van der Waals surface area contributed by atoms with E-state index in [-0.39, 0.29) is 12.0 Å². The Hall–Kier alpha value is -1.55. The summed E-state index contributed by atoms with van der Waals surface area (Å²) in [4.78, 5) is 11.0. The van der Waals surface area contributed by atoms with Crippen LogP contribution >= 0.6 is 0 Å². The Bertz CT molecular complexity index is 416. The highest BCUT2D eigenvalue weighted by Crippen LogP contribution is 2.23. The molecule has 0 unspecified atom stereocenters. The van der Waals surface area contributed by atoms with Gasteiger partial charge in [0.05, 0.1) is 19.8 Å². The first-order chi connectivity index (χ1) is 9.04. The van der Waals surface area contributed by atoms with E-state index in [1.165, 1.54) is 6.92 Å². The van der Waals surface area contributed by atoms with Crippen LogP contribution in [0.5, 0.6) is 5.75 Å². The third kappa shape index (κ3) is 5.30. The third-order valence-electron chi connectivity index (χ3n) is 2.78. The predicted octanol–water partition coefficient (Wildman–Crippen LogP) is 2.30. The molecule has 1 amide bonds. The molecular weight excluding hydrogens is 242 g/mol. The van der Waals surface area contributed by atoms with Crippen LogP contribution in [0.25, 0.3) is 0 Å². The summed E-state index contributed by atoms with van der Waals surface area (Å²) in [7, 11) is 1.66. The van der Waals surface area contributed by atoms with E-state index < -0.39 is 0 Å². The molecule has 0 aliphatic rings. The molecule has 0 fully saturated rings. The van der Waals surface area contributed by atoms with Crippen LogP contribution in [0.15, 0.2) is 18.2 Å². The fourth-order valence-electron chi connectivity index (χ4n) is 1.87. The zero-order chi connectivity index (χ0) is 14.3. The van der Waals surface area contributed by atoms with Crippen molar-refractivity contribution < 1.29 is 14.3 Å². The number of methoxy groups -OCH3 is 1. The normalized spacial score (nSPS) is 10.6. The summed E-state index contributed by atoms with van der Waals surface area (Å²) in [5.41, 5.74) is 2.17. The average Bonchev–Trinajstić information content (AvgIpc) is 2.36. The second kappa shape index (κ2) is 7.79. The van der Waals surface area contributed by atoms with Crippen LogP contribution in [-0.2, 0) is 22.5 Å². The Morgan fingerprint density at radius 1 is 1.37 bits per heavy atom. The van der Waals surface area contributed by atoms with Crippen LogP contribution in [0.3, 0.4) is 0 Å². The van der Waals surface area contributed by atoms with E-state index in [0.717, 1.165) is 23.3 Å². The highest BCUT2D eigenvalue weighted by molar-refractivity contribution is 5.72. The van der Waals surface area contributed by atoms with Crippen LogP contribution in [0.4, 0.5) is 0 Å². The quantitative estimate of drug-likeness (QED) is 0.823. The SMILES string of the molecule is COc1cccc(CNC(C)=O)c1CCOC(C)C. The van der Waals surface area contributed by atoms with Gasteiger partial charge in [0.15, 0.2) is 0 Å². The molecular formula is C15H23NO3. The highest BCUT2D eigenvalue weighted by Gasteiger charge is 2.09. The second-order valence-electron chi connectivity index (χ2n) is 4.68. The lowest BCUT2D eigenvalue weighted by Gasteiger charge is -2.15. The molecule has 1 aromatic rings. The standard InChI is InChI=1S/C15H23NO3/c1-11(2)19-9-8-14-13(10-16-12(3)17)6-5-7-15(14)18-4/h5-7,11H,8-10H2,1-4H3,(H,16,17). The summed E-state index contributed by atoms with van der Waals surface area (Å²) in [6.07, 6.45) is 0.991. The Labute approximate surface area is 115 Å². The molecule has 0 bridgehead atoms. The monoisotopic (exact) mass is 265 g/mol.